The van der Waals surface area contributed by atoms with Gasteiger partial charge in [0.25, 0.3) is 5.91 Å². The van der Waals surface area contributed by atoms with Gasteiger partial charge in [0.15, 0.2) is 18.1 Å². The predicted octanol–water partition coefficient (Wildman–Crippen LogP) is 4.97. The van der Waals surface area contributed by atoms with Gasteiger partial charge < -0.3 is 19.5 Å². The number of rotatable bonds is 9. The van der Waals surface area contributed by atoms with E-state index in [0.717, 1.165) is 15.6 Å². The van der Waals surface area contributed by atoms with Crippen molar-refractivity contribution in [1.29, 1.82) is 5.26 Å². The number of carbonyl (C=O) groups excluding carboxylic acids is 2. The fourth-order valence-corrected chi connectivity index (χ4v) is 3.67. The lowest BCUT2D eigenvalue weighted by Crippen LogP contribution is -2.23. The van der Waals surface area contributed by atoms with Crippen molar-refractivity contribution < 1.29 is 23.8 Å². The number of ether oxygens (including phenoxy) is 3. The molecule has 0 aliphatic carbocycles. The lowest BCUT2D eigenvalue weighted by molar-refractivity contribution is -0.136. The van der Waals surface area contributed by atoms with Crippen LogP contribution in [0.2, 0.25) is 0 Å². The summed E-state index contributed by atoms with van der Waals surface area (Å²) in [5, 5.41) is 12.2. The molecule has 0 spiro atoms. The van der Waals surface area contributed by atoms with Gasteiger partial charge in [-0.25, -0.2) is 4.79 Å². The lowest BCUT2D eigenvalue weighted by atomic mass is 10.1. The Labute approximate surface area is 212 Å². The van der Waals surface area contributed by atoms with Crippen molar-refractivity contribution >= 4 is 33.9 Å². The van der Waals surface area contributed by atoms with Crippen LogP contribution in [0.4, 0.5) is 0 Å². The van der Waals surface area contributed by atoms with Gasteiger partial charge in [-0.3, -0.25) is 4.79 Å². The Morgan fingerprint density at radius 2 is 1.77 bits per heavy atom. The highest BCUT2D eigenvalue weighted by Gasteiger charge is 2.14. The zero-order valence-electron chi connectivity index (χ0n) is 19.2. The van der Waals surface area contributed by atoms with Crippen molar-refractivity contribution in [2.24, 2.45) is 0 Å². The summed E-state index contributed by atoms with van der Waals surface area (Å²) in [6, 6.07) is 21.5. The third-order valence-electron chi connectivity index (χ3n) is 4.82. The maximum Gasteiger partial charge on any atom is 0.349 e. The van der Waals surface area contributed by atoms with Crippen LogP contribution < -0.4 is 19.5 Å². The molecule has 1 N–H and O–H groups in total. The van der Waals surface area contributed by atoms with Gasteiger partial charge in [0.1, 0.15) is 17.4 Å². The molecule has 0 saturated carbocycles. The van der Waals surface area contributed by atoms with E-state index in [1.54, 1.807) is 18.2 Å². The second kappa shape index (κ2) is 12.4. The number of esters is 1. The van der Waals surface area contributed by atoms with E-state index in [2.05, 4.69) is 21.2 Å². The summed E-state index contributed by atoms with van der Waals surface area (Å²) in [6.45, 7) is 1.95. The number of halogens is 1. The maximum atomic E-state index is 12.4. The first-order valence-corrected chi connectivity index (χ1v) is 11.4. The molecular formula is C27H23BrN2O5. The Kier molecular flexibility index (Phi) is 9.04. The molecule has 7 nitrogen and oxygen atoms in total. The minimum Gasteiger partial charge on any atom is -0.493 e. The number of nitriles is 1. The lowest BCUT2D eigenvalue weighted by Gasteiger charge is -2.12. The molecular weight excluding hydrogens is 512 g/mol. The monoisotopic (exact) mass is 534 g/mol. The molecule has 35 heavy (non-hydrogen) atoms. The summed E-state index contributed by atoms with van der Waals surface area (Å²) in [7, 11) is 1.43. The van der Waals surface area contributed by atoms with E-state index in [-0.39, 0.29) is 23.7 Å². The van der Waals surface area contributed by atoms with Gasteiger partial charge in [0, 0.05) is 6.54 Å². The summed E-state index contributed by atoms with van der Waals surface area (Å²) in [4.78, 5) is 24.7. The fourth-order valence-electron chi connectivity index (χ4n) is 3.06. The summed E-state index contributed by atoms with van der Waals surface area (Å²) in [6.07, 6.45) is 1.44. The molecule has 0 radical (unpaired) electrons. The number of hydrogen-bond donors (Lipinski definition) is 1. The van der Waals surface area contributed by atoms with E-state index in [0.29, 0.717) is 17.9 Å². The summed E-state index contributed by atoms with van der Waals surface area (Å²) in [5.74, 6) is -0.129. The zero-order valence-corrected chi connectivity index (χ0v) is 20.8. The Morgan fingerprint density at radius 3 is 2.46 bits per heavy atom. The molecule has 1 amide bonds. The van der Waals surface area contributed by atoms with Crippen molar-refractivity contribution in [3.63, 3.8) is 0 Å². The molecule has 8 heteroatoms. The highest BCUT2D eigenvalue weighted by Crippen LogP contribution is 2.30. The smallest absolute Gasteiger partial charge is 0.349 e. The molecule has 0 heterocycles. The molecule has 3 aromatic carbocycles. The number of nitrogens with one attached hydrogen (secondary N) is 1. The minimum absolute atomic E-state index is 0.0650. The maximum absolute atomic E-state index is 12.4. The fraction of sp³-hybridized carbons (Fsp3) is 0.148. The van der Waals surface area contributed by atoms with Crippen LogP contribution in [0.1, 0.15) is 16.7 Å². The van der Waals surface area contributed by atoms with Crippen molar-refractivity contribution in [2.75, 3.05) is 13.7 Å². The Bertz CT molecular complexity index is 1280. The number of hydrogen-bond acceptors (Lipinski definition) is 6. The molecule has 0 aromatic heterocycles. The van der Waals surface area contributed by atoms with E-state index < -0.39 is 11.9 Å². The number of methoxy groups -OCH3 is 1. The van der Waals surface area contributed by atoms with E-state index in [4.69, 9.17) is 14.2 Å². The summed E-state index contributed by atoms with van der Waals surface area (Å²) in [5.41, 5.74) is 2.45. The number of carbonyl (C=O) groups is 2. The number of nitrogens with zero attached hydrogens (tertiary/aromatic N) is 1. The standard InChI is InChI=1S/C27H23BrN2O5/c1-18-8-10-23(22(28)12-18)34-17-26(31)35-24-11-9-20(14-25(24)33-2)13-21(15-29)27(32)30-16-19-6-4-3-5-7-19/h3-14H,16-17H2,1-2H3,(H,30,32)/b21-13+. The van der Waals surface area contributed by atoms with Crippen molar-refractivity contribution in [3.05, 3.63) is 93.5 Å². The molecule has 0 bridgehead atoms. The van der Waals surface area contributed by atoms with Crippen LogP contribution in [-0.2, 0) is 16.1 Å². The number of amides is 1. The van der Waals surface area contributed by atoms with E-state index in [9.17, 15) is 14.9 Å². The van der Waals surface area contributed by atoms with E-state index >= 15 is 0 Å². The van der Waals surface area contributed by atoms with Crippen LogP contribution in [0, 0.1) is 18.3 Å². The summed E-state index contributed by atoms with van der Waals surface area (Å²) < 4.78 is 17.0. The first-order chi connectivity index (χ1) is 16.9. The third-order valence-corrected chi connectivity index (χ3v) is 5.44. The Hall–Kier alpha value is -4.09. The first-order valence-electron chi connectivity index (χ1n) is 10.6. The molecule has 0 saturated heterocycles. The highest BCUT2D eigenvalue weighted by molar-refractivity contribution is 9.10. The molecule has 178 valence electrons. The molecule has 3 rings (SSSR count). The summed E-state index contributed by atoms with van der Waals surface area (Å²) >= 11 is 3.40. The SMILES string of the molecule is COc1cc(/C=C(\C#N)C(=O)NCc2ccccc2)ccc1OC(=O)COc1ccc(C)cc1Br. The largest absolute Gasteiger partial charge is 0.493 e. The Morgan fingerprint density at radius 1 is 1.03 bits per heavy atom. The zero-order chi connectivity index (χ0) is 25.2. The number of benzene rings is 3. The van der Waals surface area contributed by atoms with Gasteiger partial charge in [-0.15, -0.1) is 0 Å². The van der Waals surface area contributed by atoms with Crippen LogP contribution in [-0.4, -0.2) is 25.6 Å². The van der Waals surface area contributed by atoms with Crippen LogP contribution in [0.25, 0.3) is 6.08 Å². The van der Waals surface area contributed by atoms with Gasteiger partial charge in [0.05, 0.1) is 11.6 Å². The predicted molar refractivity (Wildman–Crippen MR) is 135 cm³/mol. The topological polar surface area (TPSA) is 97.6 Å². The van der Waals surface area contributed by atoms with Gasteiger partial charge in [-0.1, -0.05) is 42.5 Å². The van der Waals surface area contributed by atoms with Crippen LogP contribution in [0.15, 0.2) is 76.8 Å². The minimum atomic E-state index is -0.614. The molecule has 0 aliphatic heterocycles. The van der Waals surface area contributed by atoms with E-state index in [1.807, 2.05) is 55.5 Å². The van der Waals surface area contributed by atoms with Crippen molar-refractivity contribution in [3.8, 4) is 23.3 Å². The van der Waals surface area contributed by atoms with Crippen LogP contribution in [0.3, 0.4) is 0 Å². The third kappa shape index (κ3) is 7.45. The highest BCUT2D eigenvalue weighted by atomic mass is 79.9. The van der Waals surface area contributed by atoms with E-state index in [1.165, 1.54) is 19.3 Å². The average molecular weight is 535 g/mol. The molecule has 0 atom stereocenters. The normalized spacial score (nSPS) is 10.7. The van der Waals surface area contributed by atoms with Gasteiger partial charge in [0.2, 0.25) is 0 Å². The second-order valence-electron chi connectivity index (χ2n) is 7.45. The van der Waals surface area contributed by atoms with Crippen molar-refractivity contribution in [2.45, 2.75) is 13.5 Å². The molecule has 0 fully saturated rings. The van der Waals surface area contributed by atoms with Gasteiger partial charge in [-0.2, -0.15) is 5.26 Å². The Balaban J connectivity index is 1.64. The second-order valence-corrected chi connectivity index (χ2v) is 8.30. The van der Waals surface area contributed by atoms with Gasteiger partial charge in [-0.05, 0) is 69.9 Å². The van der Waals surface area contributed by atoms with Crippen LogP contribution >= 0.6 is 15.9 Å². The van der Waals surface area contributed by atoms with Gasteiger partial charge >= 0.3 is 5.97 Å². The van der Waals surface area contributed by atoms with Crippen LogP contribution in [0.5, 0.6) is 17.2 Å². The molecule has 0 aliphatic rings. The molecule has 3 aromatic rings. The number of aryl methyl sites for hydroxylation is 1. The molecule has 0 unspecified atom stereocenters. The first kappa shape index (κ1) is 25.5. The quantitative estimate of drug-likeness (QED) is 0.180. The average Bonchev–Trinajstić information content (AvgIpc) is 2.86. The van der Waals surface area contributed by atoms with Crippen molar-refractivity contribution in [1.82, 2.24) is 5.32 Å².